The molecule has 0 fully saturated rings. The molecule has 0 spiro atoms. The number of benzene rings is 1. The Morgan fingerprint density at radius 2 is 2.24 bits per heavy atom. The van der Waals surface area contributed by atoms with Crippen molar-refractivity contribution in [2.45, 2.75) is 33.2 Å². The summed E-state index contributed by atoms with van der Waals surface area (Å²) in [5.74, 6) is 0.0312. The number of fused-ring (bicyclic) bond motifs is 1. The maximum absolute atomic E-state index is 10.9. The fourth-order valence-electron chi connectivity index (χ4n) is 1.98. The molecule has 1 aromatic heterocycles. The fraction of sp³-hybridized carbons (Fsp3) is 0.385. The summed E-state index contributed by atoms with van der Waals surface area (Å²) < 4.78 is 2.14. The lowest BCUT2D eigenvalue weighted by Gasteiger charge is -2.05. The first kappa shape index (κ1) is 11.6. The van der Waals surface area contributed by atoms with Crippen molar-refractivity contribution in [1.82, 2.24) is 9.55 Å². The highest BCUT2D eigenvalue weighted by Crippen LogP contribution is 2.18. The second-order valence-electron chi connectivity index (χ2n) is 4.17. The highest BCUT2D eigenvalue weighted by atomic mass is 16.4. The van der Waals surface area contributed by atoms with E-state index in [1.807, 2.05) is 13.0 Å². The zero-order chi connectivity index (χ0) is 12.4. The van der Waals surface area contributed by atoms with Crippen LogP contribution < -0.4 is 0 Å². The maximum atomic E-state index is 10.9. The van der Waals surface area contributed by atoms with E-state index in [4.69, 9.17) is 5.11 Å². The van der Waals surface area contributed by atoms with E-state index in [1.54, 1.807) is 12.1 Å². The summed E-state index contributed by atoms with van der Waals surface area (Å²) in [6.45, 7) is 5.04. The Balaban J connectivity index is 2.48. The number of aromatic nitrogens is 2. The second-order valence-corrected chi connectivity index (χ2v) is 4.17. The summed E-state index contributed by atoms with van der Waals surface area (Å²) in [5.41, 5.74) is 2.07. The van der Waals surface area contributed by atoms with Crippen molar-refractivity contribution < 1.29 is 9.90 Å². The zero-order valence-corrected chi connectivity index (χ0v) is 10.1. The van der Waals surface area contributed by atoms with E-state index in [0.717, 1.165) is 36.2 Å². The van der Waals surface area contributed by atoms with E-state index in [0.29, 0.717) is 0 Å². The molecule has 0 bridgehead atoms. The summed E-state index contributed by atoms with van der Waals surface area (Å²) in [6.07, 6.45) is 2.24. The van der Waals surface area contributed by atoms with E-state index in [-0.39, 0.29) is 5.56 Å². The predicted molar refractivity (Wildman–Crippen MR) is 66.3 cm³/mol. The highest BCUT2D eigenvalue weighted by Gasteiger charge is 2.10. The van der Waals surface area contributed by atoms with Gasteiger partial charge in [0.05, 0.1) is 16.6 Å². The van der Waals surface area contributed by atoms with Gasteiger partial charge in [0.1, 0.15) is 5.82 Å². The molecule has 1 aromatic carbocycles. The van der Waals surface area contributed by atoms with E-state index >= 15 is 0 Å². The minimum Gasteiger partial charge on any atom is -0.478 e. The highest BCUT2D eigenvalue weighted by molar-refractivity contribution is 5.92. The number of imidazole rings is 1. The third kappa shape index (κ3) is 2.16. The van der Waals surface area contributed by atoms with Crippen LogP contribution in [0.25, 0.3) is 11.0 Å². The monoisotopic (exact) mass is 232 g/mol. The molecule has 90 valence electrons. The molecule has 4 heteroatoms. The normalized spacial score (nSPS) is 10.9. The van der Waals surface area contributed by atoms with Gasteiger partial charge in [0, 0.05) is 6.54 Å². The number of nitrogens with zero attached hydrogens (tertiary/aromatic N) is 2. The molecule has 0 aliphatic rings. The fourth-order valence-corrected chi connectivity index (χ4v) is 1.98. The molecular weight excluding hydrogens is 216 g/mol. The molecule has 0 aliphatic heterocycles. The first-order valence-electron chi connectivity index (χ1n) is 5.83. The zero-order valence-electron chi connectivity index (χ0n) is 10.1. The minimum atomic E-state index is -0.910. The van der Waals surface area contributed by atoms with Crippen LogP contribution in [0.3, 0.4) is 0 Å². The van der Waals surface area contributed by atoms with E-state index in [1.165, 1.54) is 0 Å². The number of rotatable bonds is 4. The number of carboxylic acid groups (broad SMARTS) is 1. The second kappa shape index (κ2) is 4.57. The van der Waals surface area contributed by atoms with Crippen molar-refractivity contribution in [3.05, 3.63) is 29.6 Å². The van der Waals surface area contributed by atoms with Crippen LogP contribution in [0.4, 0.5) is 0 Å². The number of carboxylic acids is 1. The first-order chi connectivity index (χ1) is 8.13. The molecule has 0 atom stereocenters. The van der Waals surface area contributed by atoms with Crippen LogP contribution in [0.2, 0.25) is 0 Å². The van der Waals surface area contributed by atoms with Gasteiger partial charge >= 0.3 is 5.97 Å². The summed E-state index contributed by atoms with van der Waals surface area (Å²) in [5, 5.41) is 8.93. The van der Waals surface area contributed by atoms with E-state index in [2.05, 4.69) is 16.5 Å². The Morgan fingerprint density at radius 3 is 2.88 bits per heavy atom. The smallest absolute Gasteiger partial charge is 0.335 e. The molecule has 0 amide bonds. The van der Waals surface area contributed by atoms with Crippen LogP contribution in [0.1, 0.15) is 35.9 Å². The van der Waals surface area contributed by atoms with E-state index < -0.39 is 5.97 Å². The Morgan fingerprint density at radius 1 is 1.47 bits per heavy atom. The average Bonchev–Trinajstić information content (AvgIpc) is 2.61. The largest absolute Gasteiger partial charge is 0.478 e. The molecule has 0 radical (unpaired) electrons. The van der Waals surface area contributed by atoms with Crippen LogP contribution in [0, 0.1) is 6.92 Å². The van der Waals surface area contributed by atoms with Crippen molar-refractivity contribution in [2.75, 3.05) is 0 Å². The lowest BCUT2D eigenvalue weighted by atomic mass is 10.2. The molecule has 0 saturated carbocycles. The van der Waals surface area contributed by atoms with Gasteiger partial charge in [-0.1, -0.05) is 13.3 Å². The molecule has 1 N–H and O–H groups in total. The Hall–Kier alpha value is -1.84. The van der Waals surface area contributed by atoms with Crippen molar-refractivity contribution in [2.24, 2.45) is 0 Å². The van der Waals surface area contributed by atoms with Gasteiger partial charge in [-0.15, -0.1) is 0 Å². The molecule has 0 saturated heterocycles. The van der Waals surface area contributed by atoms with Gasteiger partial charge in [0.15, 0.2) is 0 Å². The summed E-state index contributed by atoms with van der Waals surface area (Å²) in [7, 11) is 0. The standard InChI is InChI=1S/C13H16N2O2/c1-3-4-7-15-9(2)14-11-8-10(13(16)17)5-6-12(11)15/h5-6,8H,3-4,7H2,1-2H3,(H,16,17). The van der Waals surface area contributed by atoms with Gasteiger partial charge in [-0.3, -0.25) is 0 Å². The quantitative estimate of drug-likeness (QED) is 0.881. The van der Waals surface area contributed by atoms with Crippen LogP contribution in [-0.2, 0) is 6.54 Å². The van der Waals surface area contributed by atoms with Crippen molar-refractivity contribution in [3.63, 3.8) is 0 Å². The Kier molecular flexibility index (Phi) is 3.13. The molecule has 0 unspecified atom stereocenters. The molecule has 1 heterocycles. The van der Waals surface area contributed by atoms with Crippen molar-refractivity contribution in [1.29, 1.82) is 0 Å². The van der Waals surface area contributed by atoms with Crippen LogP contribution in [0.15, 0.2) is 18.2 Å². The molecular formula is C13H16N2O2. The Labute approximate surface area is 99.9 Å². The lowest BCUT2D eigenvalue weighted by Crippen LogP contribution is -2.00. The van der Waals surface area contributed by atoms with E-state index in [9.17, 15) is 4.79 Å². The number of aromatic carboxylic acids is 1. The molecule has 0 aliphatic carbocycles. The number of aryl methyl sites for hydroxylation is 2. The average molecular weight is 232 g/mol. The predicted octanol–water partition coefficient (Wildman–Crippen LogP) is 2.84. The van der Waals surface area contributed by atoms with Gasteiger partial charge in [-0.2, -0.15) is 0 Å². The van der Waals surface area contributed by atoms with Gasteiger partial charge in [0.2, 0.25) is 0 Å². The number of carbonyl (C=O) groups is 1. The summed E-state index contributed by atoms with van der Waals surface area (Å²) in [6, 6.07) is 5.11. The number of unbranched alkanes of at least 4 members (excludes halogenated alkanes) is 1. The first-order valence-corrected chi connectivity index (χ1v) is 5.83. The van der Waals surface area contributed by atoms with Gasteiger partial charge < -0.3 is 9.67 Å². The molecule has 2 rings (SSSR count). The molecule has 4 nitrogen and oxygen atoms in total. The van der Waals surface area contributed by atoms with Gasteiger partial charge in [-0.05, 0) is 31.5 Å². The van der Waals surface area contributed by atoms with Crippen LogP contribution in [-0.4, -0.2) is 20.6 Å². The van der Waals surface area contributed by atoms with Crippen molar-refractivity contribution in [3.8, 4) is 0 Å². The van der Waals surface area contributed by atoms with Crippen molar-refractivity contribution >= 4 is 17.0 Å². The number of hydrogen-bond acceptors (Lipinski definition) is 2. The molecule has 17 heavy (non-hydrogen) atoms. The third-order valence-electron chi connectivity index (χ3n) is 2.92. The van der Waals surface area contributed by atoms with Crippen LogP contribution >= 0.6 is 0 Å². The summed E-state index contributed by atoms with van der Waals surface area (Å²) in [4.78, 5) is 15.3. The lowest BCUT2D eigenvalue weighted by molar-refractivity contribution is 0.0697. The van der Waals surface area contributed by atoms with Crippen LogP contribution in [0.5, 0.6) is 0 Å². The minimum absolute atomic E-state index is 0.289. The summed E-state index contributed by atoms with van der Waals surface area (Å²) >= 11 is 0. The maximum Gasteiger partial charge on any atom is 0.335 e. The van der Waals surface area contributed by atoms with Gasteiger partial charge in [-0.25, -0.2) is 9.78 Å². The number of hydrogen-bond donors (Lipinski definition) is 1. The molecule has 2 aromatic rings. The van der Waals surface area contributed by atoms with Gasteiger partial charge in [0.25, 0.3) is 0 Å². The third-order valence-corrected chi connectivity index (χ3v) is 2.92. The SMILES string of the molecule is CCCCn1c(C)nc2cc(C(=O)O)ccc21. The topological polar surface area (TPSA) is 55.1 Å². The Bertz CT molecular complexity index is 558.